The number of nitrogens with one attached hydrogen (secondary N) is 1. The molecule has 1 heterocycles. The van der Waals surface area contributed by atoms with Crippen molar-refractivity contribution in [1.29, 1.82) is 5.26 Å². The first-order chi connectivity index (χ1) is 12.5. The molecule has 1 atom stereocenters. The summed E-state index contributed by atoms with van der Waals surface area (Å²) >= 11 is 0. The number of rotatable bonds is 4. The Morgan fingerprint density at radius 2 is 1.96 bits per heavy atom. The van der Waals surface area contributed by atoms with Gasteiger partial charge >= 0.3 is 5.97 Å². The van der Waals surface area contributed by atoms with Crippen LogP contribution >= 0.6 is 0 Å². The second kappa shape index (κ2) is 7.20. The number of ether oxygens (including phenoxy) is 1. The van der Waals surface area contributed by atoms with Gasteiger partial charge in [-0.25, -0.2) is 4.79 Å². The van der Waals surface area contributed by atoms with Crippen molar-refractivity contribution in [1.82, 2.24) is 9.88 Å². The molecule has 2 aromatic rings. The third kappa shape index (κ3) is 3.43. The summed E-state index contributed by atoms with van der Waals surface area (Å²) < 4.78 is 7.23. The van der Waals surface area contributed by atoms with E-state index in [1.165, 1.54) is 6.92 Å². The van der Waals surface area contributed by atoms with Gasteiger partial charge in [0.25, 0.3) is 5.91 Å². The first-order valence-corrected chi connectivity index (χ1v) is 8.94. The van der Waals surface area contributed by atoms with Crippen molar-refractivity contribution in [2.75, 3.05) is 0 Å². The average molecular weight is 353 g/mol. The number of aromatic nitrogens is 1. The molecule has 1 fully saturated rings. The Hall–Kier alpha value is -2.81. The van der Waals surface area contributed by atoms with Crippen LogP contribution in [-0.2, 0) is 16.6 Å². The fourth-order valence-corrected chi connectivity index (χ4v) is 3.54. The molecule has 0 bridgehead atoms. The lowest BCUT2D eigenvalue weighted by molar-refractivity contribution is -0.130. The Morgan fingerprint density at radius 1 is 1.27 bits per heavy atom. The predicted molar refractivity (Wildman–Crippen MR) is 97.4 cm³/mol. The molecule has 1 N–H and O–H groups in total. The Bertz CT molecular complexity index is 872. The third-order valence-corrected chi connectivity index (χ3v) is 5.05. The van der Waals surface area contributed by atoms with Gasteiger partial charge in [0.05, 0.1) is 11.6 Å². The monoisotopic (exact) mass is 353 g/mol. The molecule has 1 aliphatic carbocycles. The Morgan fingerprint density at radius 3 is 2.65 bits per heavy atom. The summed E-state index contributed by atoms with van der Waals surface area (Å²) in [6.07, 6.45) is 4.92. The maximum Gasteiger partial charge on any atom is 0.341 e. The number of carbonyl (C=O) groups excluding carboxylic acids is 2. The molecule has 26 heavy (non-hydrogen) atoms. The maximum absolute atomic E-state index is 12.5. The number of nitriles is 1. The number of carbonyl (C=O) groups is 2. The van der Waals surface area contributed by atoms with E-state index in [1.807, 2.05) is 35.9 Å². The summed E-state index contributed by atoms with van der Waals surface area (Å²) in [5.41, 5.74) is 0.507. The van der Waals surface area contributed by atoms with Crippen LogP contribution in [0.15, 0.2) is 30.5 Å². The zero-order valence-corrected chi connectivity index (χ0v) is 15.1. The van der Waals surface area contributed by atoms with Gasteiger partial charge < -0.3 is 14.6 Å². The van der Waals surface area contributed by atoms with E-state index in [-0.39, 0.29) is 0 Å². The van der Waals surface area contributed by atoms with E-state index >= 15 is 0 Å². The molecule has 3 rings (SSSR count). The molecule has 0 unspecified atom stereocenters. The van der Waals surface area contributed by atoms with Gasteiger partial charge in [0, 0.05) is 24.1 Å². The van der Waals surface area contributed by atoms with Crippen LogP contribution in [0.5, 0.6) is 0 Å². The lowest BCUT2D eigenvalue weighted by atomic mass is 9.83. The molecular weight excluding hydrogens is 330 g/mol. The minimum Gasteiger partial charge on any atom is -0.449 e. The minimum atomic E-state index is -0.964. The average Bonchev–Trinajstić information content (AvgIpc) is 2.99. The van der Waals surface area contributed by atoms with E-state index < -0.39 is 23.5 Å². The molecule has 1 aromatic heterocycles. The lowest BCUT2D eigenvalue weighted by Gasteiger charge is -2.32. The summed E-state index contributed by atoms with van der Waals surface area (Å²) in [5.74, 6) is -0.971. The van der Waals surface area contributed by atoms with Crippen LogP contribution in [-0.4, -0.2) is 28.1 Å². The van der Waals surface area contributed by atoms with E-state index in [9.17, 15) is 14.9 Å². The number of hydrogen-bond donors (Lipinski definition) is 1. The van der Waals surface area contributed by atoms with Gasteiger partial charge in [-0.3, -0.25) is 4.79 Å². The highest BCUT2D eigenvalue weighted by Crippen LogP contribution is 2.28. The van der Waals surface area contributed by atoms with Crippen LogP contribution in [0.25, 0.3) is 10.9 Å². The van der Waals surface area contributed by atoms with Crippen LogP contribution in [0.2, 0.25) is 0 Å². The number of fused-ring (bicyclic) bond motifs is 1. The summed E-state index contributed by atoms with van der Waals surface area (Å²) in [5, 5.41) is 13.1. The minimum absolute atomic E-state index is 0.426. The summed E-state index contributed by atoms with van der Waals surface area (Å²) in [6.45, 7) is 1.53. The van der Waals surface area contributed by atoms with Gasteiger partial charge in [0.1, 0.15) is 5.54 Å². The van der Waals surface area contributed by atoms with E-state index in [2.05, 4.69) is 11.4 Å². The summed E-state index contributed by atoms with van der Waals surface area (Å²) in [6, 6.07) is 9.77. The quantitative estimate of drug-likeness (QED) is 0.856. The van der Waals surface area contributed by atoms with Crippen molar-refractivity contribution < 1.29 is 14.3 Å². The van der Waals surface area contributed by atoms with Gasteiger partial charge in [-0.05, 0) is 25.8 Å². The molecule has 1 aliphatic rings. The molecule has 0 spiro atoms. The van der Waals surface area contributed by atoms with Gasteiger partial charge in [-0.15, -0.1) is 0 Å². The number of para-hydroxylation sites is 1. The third-order valence-electron chi connectivity index (χ3n) is 5.05. The van der Waals surface area contributed by atoms with E-state index in [1.54, 1.807) is 6.20 Å². The number of amides is 1. The van der Waals surface area contributed by atoms with Crippen molar-refractivity contribution in [3.8, 4) is 6.07 Å². The van der Waals surface area contributed by atoms with E-state index in [4.69, 9.17) is 4.74 Å². The van der Waals surface area contributed by atoms with Gasteiger partial charge in [-0.2, -0.15) is 5.26 Å². The highest BCUT2D eigenvalue weighted by Gasteiger charge is 2.35. The molecule has 1 amide bonds. The zero-order chi connectivity index (χ0) is 18.7. The van der Waals surface area contributed by atoms with E-state index in [0.717, 1.165) is 30.2 Å². The fourth-order valence-electron chi connectivity index (χ4n) is 3.54. The van der Waals surface area contributed by atoms with Gasteiger partial charge in [0.2, 0.25) is 0 Å². The van der Waals surface area contributed by atoms with Gasteiger partial charge in [-0.1, -0.05) is 37.5 Å². The standard InChI is InChI=1S/C20H23N3O3/c1-14(18(24)22-20(13-21)10-6-3-7-11-20)26-19(25)16-12-23(2)17-9-5-4-8-15(16)17/h4-5,8-9,12,14H,3,6-7,10-11H2,1-2H3,(H,22,24)/t14-/m0/s1. The summed E-state index contributed by atoms with van der Waals surface area (Å²) in [4.78, 5) is 25.0. The Kier molecular flexibility index (Phi) is 4.99. The lowest BCUT2D eigenvalue weighted by Crippen LogP contribution is -2.52. The normalized spacial score (nSPS) is 17.3. The summed E-state index contributed by atoms with van der Waals surface area (Å²) in [7, 11) is 1.86. The first-order valence-electron chi connectivity index (χ1n) is 8.94. The van der Waals surface area contributed by atoms with Crippen molar-refractivity contribution in [3.63, 3.8) is 0 Å². The maximum atomic E-state index is 12.5. The number of aryl methyl sites for hydroxylation is 1. The SMILES string of the molecule is C[C@H](OC(=O)c1cn(C)c2ccccc12)C(=O)NC1(C#N)CCCCC1. The van der Waals surface area contributed by atoms with Crippen LogP contribution < -0.4 is 5.32 Å². The number of esters is 1. The number of hydrogen-bond acceptors (Lipinski definition) is 4. The number of benzene rings is 1. The van der Waals surface area contributed by atoms with Crippen LogP contribution in [0.4, 0.5) is 0 Å². The molecule has 6 nitrogen and oxygen atoms in total. The topological polar surface area (TPSA) is 84.1 Å². The second-order valence-corrected chi connectivity index (χ2v) is 6.96. The molecule has 0 saturated heterocycles. The first kappa shape index (κ1) is 18.0. The largest absolute Gasteiger partial charge is 0.449 e. The second-order valence-electron chi connectivity index (χ2n) is 6.96. The van der Waals surface area contributed by atoms with Crippen molar-refractivity contribution in [3.05, 3.63) is 36.0 Å². The molecule has 1 saturated carbocycles. The van der Waals surface area contributed by atoms with Gasteiger partial charge in [0.15, 0.2) is 6.10 Å². The predicted octanol–water partition coefficient (Wildman–Crippen LogP) is 3.07. The highest BCUT2D eigenvalue weighted by atomic mass is 16.5. The van der Waals surface area contributed by atoms with Crippen LogP contribution in [0.3, 0.4) is 0 Å². The van der Waals surface area contributed by atoms with Crippen LogP contribution in [0, 0.1) is 11.3 Å². The molecule has 0 aliphatic heterocycles. The molecule has 0 radical (unpaired) electrons. The van der Waals surface area contributed by atoms with Crippen molar-refractivity contribution in [2.45, 2.75) is 50.7 Å². The number of nitrogens with zero attached hydrogens (tertiary/aromatic N) is 2. The molecule has 6 heteroatoms. The fraction of sp³-hybridized carbons (Fsp3) is 0.450. The smallest absolute Gasteiger partial charge is 0.341 e. The zero-order valence-electron chi connectivity index (χ0n) is 15.1. The molecule has 1 aromatic carbocycles. The highest BCUT2D eigenvalue weighted by molar-refractivity contribution is 6.05. The molecular formula is C20H23N3O3. The van der Waals surface area contributed by atoms with Crippen molar-refractivity contribution in [2.24, 2.45) is 7.05 Å². The van der Waals surface area contributed by atoms with E-state index in [0.29, 0.717) is 18.4 Å². The molecule has 136 valence electrons. The Labute approximate surface area is 152 Å². The van der Waals surface area contributed by atoms with Crippen LogP contribution in [0.1, 0.15) is 49.4 Å². The Balaban J connectivity index is 1.70. The van der Waals surface area contributed by atoms with Crippen molar-refractivity contribution >= 4 is 22.8 Å².